The molecule has 1 aromatic heterocycles. The minimum absolute atomic E-state index is 0.629. The number of hydrogen-bond acceptors (Lipinski definition) is 2. The van der Waals surface area contributed by atoms with Gasteiger partial charge in [-0.15, -0.1) is 0 Å². The van der Waals surface area contributed by atoms with E-state index >= 15 is 0 Å². The van der Waals surface area contributed by atoms with Crippen molar-refractivity contribution in [2.75, 3.05) is 11.9 Å². The van der Waals surface area contributed by atoms with Gasteiger partial charge in [-0.05, 0) is 50.3 Å². The first kappa shape index (κ1) is 14.4. The molecule has 1 fully saturated rings. The zero-order valence-corrected chi connectivity index (χ0v) is 13.9. The third kappa shape index (κ3) is 2.50. The predicted octanol–water partition coefficient (Wildman–Crippen LogP) is 5.19. The van der Waals surface area contributed by atoms with E-state index in [1.54, 1.807) is 6.07 Å². The number of nitrogens with one attached hydrogen (secondary N) is 1. The largest absolute Gasteiger partial charge is 0.370 e. The molecule has 1 saturated carbocycles. The Balaban J connectivity index is 1.86. The van der Waals surface area contributed by atoms with Gasteiger partial charge >= 0.3 is 0 Å². The molecule has 1 N–H and O–H groups in total. The van der Waals surface area contributed by atoms with Crippen molar-refractivity contribution in [3.8, 4) is 5.69 Å². The molecule has 0 saturated heterocycles. The summed E-state index contributed by atoms with van der Waals surface area (Å²) in [6.07, 6.45) is 7.39. The number of anilines is 1. The SMILES string of the molecule is Clc1cc(Cl)cc(-n2nc(C3CCC3)c3c2NCCCC3)c1. The van der Waals surface area contributed by atoms with E-state index in [2.05, 4.69) is 5.32 Å². The number of hydrogen-bond donors (Lipinski definition) is 1. The number of halogens is 2. The molecule has 4 rings (SSSR count). The van der Waals surface area contributed by atoms with Gasteiger partial charge in [0.1, 0.15) is 5.82 Å². The fourth-order valence-corrected chi connectivity index (χ4v) is 3.90. The molecule has 1 aliphatic heterocycles. The van der Waals surface area contributed by atoms with Gasteiger partial charge in [-0.2, -0.15) is 5.10 Å². The first-order valence-corrected chi connectivity index (χ1v) is 8.80. The number of rotatable bonds is 2. The van der Waals surface area contributed by atoms with Crippen LogP contribution in [-0.2, 0) is 6.42 Å². The molecule has 0 unspecified atom stereocenters. The van der Waals surface area contributed by atoms with Gasteiger partial charge in [-0.3, -0.25) is 0 Å². The number of fused-ring (bicyclic) bond motifs is 1. The van der Waals surface area contributed by atoms with Gasteiger partial charge in [0.15, 0.2) is 0 Å². The quantitative estimate of drug-likeness (QED) is 0.817. The molecule has 1 aromatic carbocycles. The van der Waals surface area contributed by atoms with E-state index in [1.165, 1.54) is 43.4 Å². The lowest BCUT2D eigenvalue weighted by Crippen LogP contribution is -2.11. The highest BCUT2D eigenvalue weighted by atomic mass is 35.5. The molecule has 2 aromatic rings. The summed E-state index contributed by atoms with van der Waals surface area (Å²) in [5.74, 6) is 1.77. The highest BCUT2D eigenvalue weighted by Crippen LogP contribution is 2.41. The van der Waals surface area contributed by atoms with Crippen molar-refractivity contribution < 1.29 is 0 Å². The van der Waals surface area contributed by atoms with Crippen molar-refractivity contribution in [3.05, 3.63) is 39.5 Å². The highest BCUT2D eigenvalue weighted by molar-refractivity contribution is 6.34. The summed E-state index contributed by atoms with van der Waals surface area (Å²) >= 11 is 12.4. The molecule has 3 nitrogen and oxygen atoms in total. The summed E-state index contributed by atoms with van der Waals surface area (Å²) in [6, 6.07) is 5.62. The van der Waals surface area contributed by atoms with Crippen LogP contribution < -0.4 is 5.32 Å². The normalized spacial score (nSPS) is 18.3. The van der Waals surface area contributed by atoms with Gasteiger partial charge in [-0.25, -0.2) is 4.68 Å². The summed E-state index contributed by atoms with van der Waals surface area (Å²) in [5, 5.41) is 9.80. The number of aromatic nitrogens is 2. The third-order valence-electron chi connectivity index (χ3n) is 4.74. The first-order chi connectivity index (χ1) is 10.7. The van der Waals surface area contributed by atoms with Crippen molar-refractivity contribution in [2.45, 2.75) is 44.4 Å². The van der Waals surface area contributed by atoms with Crippen molar-refractivity contribution >= 4 is 29.0 Å². The molecule has 0 spiro atoms. The molecule has 5 heteroatoms. The molecule has 0 radical (unpaired) electrons. The average Bonchev–Trinajstić information content (AvgIpc) is 2.61. The molecule has 0 atom stereocenters. The predicted molar refractivity (Wildman–Crippen MR) is 91.6 cm³/mol. The minimum Gasteiger partial charge on any atom is -0.370 e. The summed E-state index contributed by atoms with van der Waals surface area (Å²) in [7, 11) is 0. The molecule has 2 aliphatic rings. The van der Waals surface area contributed by atoms with Gasteiger partial charge in [0, 0.05) is 28.1 Å². The Bertz CT molecular complexity index is 684. The van der Waals surface area contributed by atoms with Crippen LogP contribution in [0.3, 0.4) is 0 Å². The van der Waals surface area contributed by atoms with E-state index in [9.17, 15) is 0 Å². The van der Waals surface area contributed by atoms with Gasteiger partial charge in [0.2, 0.25) is 0 Å². The Morgan fingerprint density at radius 3 is 2.50 bits per heavy atom. The van der Waals surface area contributed by atoms with Gasteiger partial charge in [0.05, 0.1) is 11.4 Å². The monoisotopic (exact) mass is 335 g/mol. The van der Waals surface area contributed by atoms with E-state index in [1.807, 2.05) is 16.8 Å². The first-order valence-electron chi connectivity index (χ1n) is 8.04. The van der Waals surface area contributed by atoms with Gasteiger partial charge in [-0.1, -0.05) is 29.6 Å². The second kappa shape index (κ2) is 5.78. The fraction of sp³-hybridized carbons (Fsp3) is 0.471. The van der Waals surface area contributed by atoms with Crippen molar-refractivity contribution in [3.63, 3.8) is 0 Å². The molecular formula is C17H19Cl2N3. The lowest BCUT2D eigenvalue weighted by Gasteiger charge is -2.24. The Morgan fingerprint density at radius 1 is 1.05 bits per heavy atom. The second-order valence-corrected chi connectivity index (χ2v) is 7.14. The lowest BCUT2D eigenvalue weighted by molar-refractivity contribution is 0.406. The fourth-order valence-electron chi connectivity index (χ4n) is 3.39. The zero-order chi connectivity index (χ0) is 15.1. The topological polar surface area (TPSA) is 29.9 Å². The van der Waals surface area contributed by atoms with Crippen LogP contribution in [0.1, 0.15) is 49.3 Å². The van der Waals surface area contributed by atoms with E-state index < -0.39 is 0 Å². The molecule has 22 heavy (non-hydrogen) atoms. The van der Waals surface area contributed by atoms with Crippen LogP contribution in [0, 0.1) is 0 Å². The van der Waals surface area contributed by atoms with Crippen LogP contribution in [0.25, 0.3) is 5.69 Å². The van der Waals surface area contributed by atoms with Gasteiger partial charge < -0.3 is 5.32 Å². The molecular weight excluding hydrogens is 317 g/mol. The van der Waals surface area contributed by atoms with Gasteiger partial charge in [0.25, 0.3) is 0 Å². The molecule has 116 valence electrons. The maximum Gasteiger partial charge on any atom is 0.133 e. The summed E-state index contributed by atoms with van der Waals surface area (Å²) < 4.78 is 2.01. The van der Waals surface area contributed by atoms with E-state index in [0.29, 0.717) is 16.0 Å². The summed E-state index contributed by atoms with van der Waals surface area (Å²) in [5.41, 5.74) is 3.62. The smallest absolute Gasteiger partial charge is 0.133 e. The maximum atomic E-state index is 6.18. The minimum atomic E-state index is 0.629. The van der Waals surface area contributed by atoms with Crippen LogP contribution in [0.2, 0.25) is 10.0 Å². The Labute approximate surface area is 140 Å². The van der Waals surface area contributed by atoms with Crippen LogP contribution in [-0.4, -0.2) is 16.3 Å². The van der Waals surface area contributed by atoms with E-state index in [-0.39, 0.29) is 0 Å². The van der Waals surface area contributed by atoms with Crippen molar-refractivity contribution in [1.29, 1.82) is 0 Å². The van der Waals surface area contributed by atoms with E-state index in [0.717, 1.165) is 24.5 Å². The van der Waals surface area contributed by atoms with Crippen molar-refractivity contribution in [2.24, 2.45) is 0 Å². The third-order valence-corrected chi connectivity index (χ3v) is 5.18. The van der Waals surface area contributed by atoms with Crippen LogP contribution >= 0.6 is 23.2 Å². The summed E-state index contributed by atoms with van der Waals surface area (Å²) in [4.78, 5) is 0. The standard InChI is InChI=1S/C17H19Cl2N3/c18-12-8-13(19)10-14(9-12)22-17-15(6-1-2-7-20-17)16(21-22)11-4-3-5-11/h8-11,20H,1-7H2. The Hall–Kier alpha value is -1.19. The van der Waals surface area contributed by atoms with Crippen LogP contribution in [0.15, 0.2) is 18.2 Å². The van der Waals surface area contributed by atoms with Crippen molar-refractivity contribution in [1.82, 2.24) is 9.78 Å². The maximum absolute atomic E-state index is 6.18. The Kier molecular flexibility index (Phi) is 3.79. The zero-order valence-electron chi connectivity index (χ0n) is 12.4. The van der Waals surface area contributed by atoms with Crippen LogP contribution in [0.5, 0.6) is 0 Å². The van der Waals surface area contributed by atoms with Crippen LogP contribution in [0.4, 0.5) is 5.82 Å². The number of benzene rings is 1. The molecule has 1 aliphatic carbocycles. The van der Waals surface area contributed by atoms with E-state index in [4.69, 9.17) is 28.3 Å². The lowest BCUT2D eigenvalue weighted by atomic mass is 9.81. The Morgan fingerprint density at radius 2 is 1.82 bits per heavy atom. The average molecular weight is 336 g/mol. The summed E-state index contributed by atoms with van der Waals surface area (Å²) in [6.45, 7) is 0.997. The molecule has 0 bridgehead atoms. The molecule has 2 heterocycles. The molecule has 0 amide bonds. The second-order valence-electron chi connectivity index (χ2n) is 6.26. The number of nitrogens with zero attached hydrogens (tertiary/aromatic N) is 2. The highest BCUT2D eigenvalue weighted by Gasteiger charge is 2.29.